The molecule has 2 nitrogen and oxygen atoms in total. The number of rotatable bonds is 1. The number of nitrogens with zero attached hydrogens (tertiary/aromatic N) is 1. The molecule has 0 amide bonds. The highest BCUT2D eigenvalue weighted by molar-refractivity contribution is 14.1. The molecule has 0 aliphatic heterocycles. The normalized spacial score (nSPS) is 22.8. The summed E-state index contributed by atoms with van der Waals surface area (Å²) in [7, 11) is 0. The molecular weight excluding hydrogens is 263 g/mol. The van der Waals surface area contributed by atoms with Crippen molar-refractivity contribution < 1.29 is 0 Å². The molecule has 3 heteroatoms. The zero-order valence-corrected chi connectivity index (χ0v) is 9.13. The summed E-state index contributed by atoms with van der Waals surface area (Å²) in [6.45, 7) is 2.19. The Hall–Kier alpha value is -0.320. The lowest BCUT2D eigenvalue weighted by Gasteiger charge is -2.00. The summed E-state index contributed by atoms with van der Waals surface area (Å²) in [4.78, 5) is 7.59. The largest absolute Gasteiger partial charge is 0.337 e. The van der Waals surface area contributed by atoms with Gasteiger partial charge in [-0.05, 0) is 42.4 Å². The lowest BCUT2D eigenvalue weighted by Crippen LogP contribution is -1.93. The van der Waals surface area contributed by atoms with Gasteiger partial charge in [-0.25, -0.2) is 4.98 Å². The Bertz CT molecular complexity index is 314. The van der Waals surface area contributed by atoms with Gasteiger partial charge >= 0.3 is 0 Å². The predicted molar refractivity (Wildman–Crippen MR) is 57.0 cm³/mol. The Morgan fingerprint density at radius 3 is 3.00 bits per heavy atom. The number of halogens is 1. The maximum Gasteiger partial charge on any atom is 0.113 e. The van der Waals surface area contributed by atoms with Crippen molar-refractivity contribution in [3.63, 3.8) is 0 Å². The van der Waals surface area contributed by atoms with Crippen LogP contribution in [0.2, 0.25) is 0 Å². The van der Waals surface area contributed by atoms with E-state index in [9.17, 15) is 0 Å². The van der Waals surface area contributed by atoms with E-state index < -0.39 is 0 Å². The van der Waals surface area contributed by atoms with Crippen LogP contribution in [0.4, 0.5) is 0 Å². The highest BCUT2D eigenvalue weighted by Crippen LogP contribution is 2.30. The average molecular weight is 274 g/mol. The van der Waals surface area contributed by atoms with Crippen molar-refractivity contribution in [2.45, 2.75) is 25.7 Å². The first-order chi connectivity index (χ1) is 5.75. The molecule has 1 aromatic heterocycles. The van der Waals surface area contributed by atoms with Crippen molar-refractivity contribution in [2.75, 3.05) is 0 Å². The molecule has 0 bridgehead atoms. The van der Waals surface area contributed by atoms with Gasteiger partial charge in [0.1, 0.15) is 5.82 Å². The van der Waals surface area contributed by atoms with Crippen molar-refractivity contribution in [2.24, 2.45) is 0 Å². The zero-order chi connectivity index (χ0) is 8.55. The standard InChI is InChI=1S/C9H11IN2/c1-6-2-3-7(4-6)9-11-5-8(10)12-9/h4-5,7H,2-3H2,1H3,(H,11,12)/t7-/m0/s1. The van der Waals surface area contributed by atoms with Crippen LogP contribution >= 0.6 is 22.6 Å². The second-order valence-corrected chi connectivity index (χ2v) is 4.44. The summed E-state index contributed by atoms with van der Waals surface area (Å²) in [6, 6.07) is 0. The smallest absolute Gasteiger partial charge is 0.113 e. The van der Waals surface area contributed by atoms with Crippen molar-refractivity contribution in [1.29, 1.82) is 0 Å². The summed E-state index contributed by atoms with van der Waals surface area (Å²) in [5.74, 6) is 1.66. The Kier molecular flexibility index (Phi) is 2.21. The summed E-state index contributed by atoms with van der Waals surface area (Å²) in [5, 5.41) is 0. The van der Waals surface area contributed by atoms with E-state index in [1.165, 1.54) is 18.4 Å². The van der Waals surface area contributed by atoms with Crippen LogP contribution in [0.25, 0.3) is 0 Å². The van der Waals surface area contributed by atoms with E-state index in [0.717, 1.165) is 9.53 Å². The van der Waals surface area contributed by atoms with E-state index in [4.69, 9.17) is 0 Å². The van der Waals surface area contributed by atoms with Gasteiger partial charge < -0.3 is 4.98 Å². The van der Waals surface area contributed by atoms with Crippen LogP contribution < -0.4 is 0 Å². The highest BCUT2D eigenvalue weighted by Gasteiger charge is 2.17. The van der Waals surface area contributed by atoms with Crippen LogP contribution in [-0.2, 0) is 0 Å². The maximum atomic E-state index is 4.32. The molecular formula is C9H11IN2. The van der Waals surface area contributed by atoms with E-state index in [-0.39, 0.29) is 0 Å². The zero-order valence-electron chi connectivity index (χ0n) is 6.97. The lowest BCUT2D eigenvalue weighted by atomic mass is 10.1. The Morgan fingerprint density at radius 1 is 1.67 bits per heavy atom. The SMILES string of the molecule is CC1=C[C@@H](c2ncc(I)[nH]2)CC1. The topological polar surface area (TPSA) is 28.7 Å². The first kappa shape index (κ1) is 8.29. The maximum absolute atomic E-state index is 4.32. The van der Waals surface area contributed by atoms with Gasteiger partial charge in [0.2, 0.25) is 0 Å². The minimum absolute atomic E-state index is 0.536. The molecule has 0 unspecified atom stereocenters. The summed E-state index contributed by atoms with van der Waals surface area (Å²) in [6.07, 6.45) is 6.64. The molecule has 1 aliphatic rings. The third-order valence-electron chi connectivity index (χ3n) is 2.25. The molecule has 2 rings (SSSR count). The van der Waals surface area contributed by atoms with Gasteiger partial charge in [0.15, 0.2) is 0 Å². The van der Waals surface area contributed by atoms with E-state index in [1.54, 1.807) is 0 Å². The highest BCUT2D eigenvalue weighted by atomic mass is 127. The molecule has 0 saturated carbocycles. The molecule has 0 aromatic carbocycles. The molecule has 1 heterocycles. The third-order valence-corrected chi connectivity index (χ3v) is 2.80. The molecule has 1 aromatic rings. The number of allylic oxidation sites excluding steroid dienone is 2. The lowest BCUT2D eigenvalue weighted by molar-refractivity contribution is 0.747. The van der Waals surface area contributed by atoms with E-state index in [1.807, 2.05) is 6.20 Å². The van der Waals surface area contributed by atoms with Crippen molar-refractivity contribution >= 4 is 22.6 Å². The molecule has 1 aliphatic carbocycles. The van der Waals surface area contributed by atoms with E-state index in [0.29, 0.717) is 5.92 Å². The number of nitrogens with one attached hydrogen (secondary N) is 1. The fourth-order valence-electron chi connectivity index (χ4n) is 1.61. The quantitative estimate of drug-likeness (QED) is 0.619. The van der Waals surface area contributed by atoms with Crippen molar-refractivity contribution in [3.8, 4) is 0 Å². The predicted octanol–water partition coefficient (Wildman–Crippen LogP) is 2.84. The van der Waals surface area contributed by atoms with Crippen LogP contribution in [0.5, 0.6) is 0 Å². The van der Waals surface area contributed by atoms with Crippen LogP contribution in [0.3, 0.4) is 0 Å². The van der Waals surface area contributed by atoms with Gasteiger partial charge in [-0.2, -0.15) is 0 Å². The van der Waals surface area contributed by atoms with Crippen LogP contribution in [0.15, 0.2) is 17.8 Å². The molecule has 0 fully saturated rings. The minimum Gasteiger partial charge on any atom is -0.337 e. The summed E-state index contributed by atoms with van der Waals surface area (Å²) in [5.41, 5.74) is 1.49. The fourth-order valence-corrected chi connectivity index (χ4v) is 2.03. The molecule has 0 saturated heterocycles. The second kappa shape index (κ2) is 3.20. The molecule has 0 spiro atoms. The van der Waals surface area contributed by atoms with E-state index >= 15 is 0 Å². The molecule has 1 N–H and O–H groups in total. The number of aromatic amines is 1. The molecule has 1 atom stereocenters. The fraction of sp³-hybridized carbons (Fsp3) is 0.444. The summed E-state index contributed by atoms with van der Waals surface area (Å²) >= 11 is 2.25. The number of imidazole rings is 1. The number of hydrogen-bond donors (Lipinski definition) is 1. The molecule has 12 heavy (non-hydrogen) atoms. The van der Waals surface area contributed by atoms with Gasteiger partial charge in [-0.15, -0.1) is 0 Å². The van der Waals surface area contributed by atoms with E-state index in [2.05, 4.69) is 45.6 Å². The van der Waals surface area contributed by atoms with Crippen molar-refractivity contribution in [3.05, 3.63) is 27.4 Å². The van der Waals surface area contributed by atoms with Gasteiger partial charge in [-0.3, -0.25) is 0 Å². The van der Waals surface area contributed by atoms with Crippen molar-refractivity contribution in [1.82, 2.24) is 9.97 Å². The van der Waals surface area contributed by atoms with Crippen LogP contribution in [0, 0.1) is 3.70 Å². The van der Waals surface area contributed by atoms with Gasteiger partial charge in [0, 0.05) is 5.92 Å². The average Bonchev–Trinajstić information content (AvgIpc) is 2.58. The third kappa shape index (κ3) is 1.55. The Morgan fingerprint density at radius 2 is 2.50 bits per heavy atom. The second-order valence-electron chi connectivity index (χ2n) is 3.27. The van der Waals surface area contributed by atoms with Gasteiger partial charge in [-0.1, -0.05) is 11.6 Å². The Labute approximate surface area is 85.6 Å². The number of H-pyrrole nitrogens is 1. The first-order valence-corrected chi connectivity index (χ1v) is 5.21. The molecule has 64 valence electrons. The number of hydrogen-bond acceptors (Lipinski definition) is 1. The number of aromatic nitrogens is 2. The van der Waals surface area contributed by atoms with Gasteiger partial charge in [0.25, 0.3) is 0 Å². The van der Waals surface area contributed by atoms with Gasteiger partial charge in [0.05, 0.1) is 9.90 Å². The van der Waals surface area contributed by atoms with Crippen LogP contribution in [-0.4, -0.2) is 9.97 Å². The van der Waals surface area contributed by atoms with Crippen LogP contribution in [0.1, 0.15) is 31.5 Å². The first-order valence-electron chi connectivity index (χ1n) is 4.13. The minimum atomic E-state index is 0.536. The molecule has 0 radical (unpaired) electrons. The monoisotopic (exact) mass is 274 g/mol. The summed E-state index contributed by atoms with van der Waals surface area (Å²) < 4.78 is 1.13. The Balaban J connectivity index is 2.21.